The van der Waals surface area contributed by atoms with Crippen molar-refractivity contribution in [2.75, 3.05) is 0 Å². The molecule has 1 aliphatic heterocycles. The summed E-state index contributed by atoms with van der Waals surface area (Å²) in [7, 11) is 2.17. The molecule has 1 aliphatic rings. The minimum Gasteiger partial charge on any atom is -0.229 e. The van der Waals surface area contributed by atoms with E-state index in [0.717, 1.165) is 0 Å². The van der Waals surface area contributed by atoms with Crippen LogP contribution in [0.2, 0.25) is 0 Å². The lowest BCUT2D eigenvalue weighted by molar-refractivity contribution is -0.665. The van der Waals surface area contributed by atoms with Crippen molar-refractivity contribution in [3.8, 4) is 10.7 Å². The van der Waals surface area contributed by atoms with Gasteiger partial charge in [0.05, 0.1) is 7.05 Å². The zero-order chi connectivity index (χ0) is 11.7. The minimum absolute atomic E-state index is 0.0980. The summed E-state index contributed by atoms with van der Waals surface area (Å²) in [5, 5.41) is 2.20. The third-order valence-corrected chi connectivity index (χ3v) is 4.89. The van der Waals surface area contributed by atoms with Crippen molar-refractivity contribution in [1.82, 2.24) is 4.57 Å². The number of aromatic nitrogens is 2. The molecule has 0 aliphatic carbocycles. The van der Waals surface area contributed by atoms with Crippen LogP contribution in [0.3, 0.4) is 0 Å². The lowest BCUT2D eigenvalue weighted by Gasteiger charge is -2.17. The molecular weight excluding hydrogens is 216 g/mol. The maximum atomic E-state index is 2.48. The van der Waals surface area contributed by atoms with Gasteiger partial charge in [-0.05, 0) is 25.3 Å². The van der Waals surface area contributed by atoms with Gasteiger partial charge >= 0.3 is 0 Å². The summed E-state index contributed by atoms with van der Waals surface area (Å²) in [5.74, 6) is 1.37. The fourth-order valence-electron chi connectivity index (χ4n) is 2.89. The summed E-state index contributed by atoms with van der Waals surface area (Å²) in [6, 6.07) is 2.27. The van der Waals surface area contributed by atoms with Gasteiger partial charge in [0.2, 0.25) is 0 Å². The van der Waals surface area contributed by atoms with Gasteiger partial charge in [0.25, 0.3) is 5.82 Å². The molecule has 0 saturated heterocycles. The van der Waals surface area contributed by atoms with E-state index in [1.807, 2.05) is 11.3 Å². The number of rotatable bonds is 0. The Balaban J connectivity index is 2.48. The van der Waals surface area contributed by atoms with Crippen LogP contribution in [0.15, 0.2) is 11.4 Å². The van der Waals surface area contributed by atoms with Gasteiger partial charge < -0.3 is 0 Å². The van der Waals surface area contributed by atoms with E-state index in [0.29, 0.717) is 0 Å². The van der Waals surface area contributed by atoms with E-state index in [2.05, 4.69) is 55.3 Å². The van der Waals surface area contributed by atoms with Gasteiger partial charge in [-0.15, -0.1) is 11.3 Å². The van der Waals surface area contributed by atoms with Crippen LogP contribution in [0, 0.1) is 13.8 Å². The molecule has 3 rings (SSSR count). The van der Waals surface area contributed by atoms with E-state index in [1.165, 1.54) is 27.7 Å². The second kappa shape index (κ2) is 2.77. The first-order valence-corrected chi connectivity index (χ1v) is 6.51. The first-order chi connectivity index (χ1) is 7.46. The Morgan fingerprint density at radius 1 is 1.31 bits per heavy atom. The van der Waals surface area contributed by atoms with Crippen molar-refractivity contribution in [3.05, 3.63) is 28.4 Å². The molecule has 0 unspecified atom stereocenters. The maximum absolute atomic E-state index is 2.48. The fourth-order valence-corrected chi connectivity index (χ4v) is 4.01. The number of hydrogen-bond donors (Lipinski definition) is 0. The Labute approximate surface area is 100 Å². The van der Waals surface area contributed by atoms with Gasteiger partial charge in [-0.1, -0.05) is 0 Å². The van der Waals surface area contributed by atoms with Crippen LogP contribution >= 0.6 is 11.3 Å². The van der Waals surface area contributed by atoms with E-state index < -0.39 is 0 Å². The quantitative estimate of drug-likeness (QED) is 0.619. The summed E-state index contributed by atoms with van der Waals surface area (Å²) < 4.78 is 4.79. The van der Waals surface area contributed by atoms with Crippen LogP contribution in [0.25, 0.3) is 10.7 Å². The molecule has 0 bridgehead atoms. The highest BCUT2D eigenvalue weighted by Gasteiger charge is 2.46. The van der Waals surface area contributed by atoms with Gasteiger partial charge in [0, 0.05) is 19.4 Å². The Kier molecular flexibility index (Phi) is 1.75. The second-order valence-electron chi connectivity index (χ2n) is 5.11. The number of thiophene rings is 1. The van der Waals surface area contributed by atoms with Gasteiger partial charge in [0.1, 0.15) is 21.8 Å². The molecule has 0 amide bonds. The number of imidazole rings is 1. The fraction of sp³-hybridized carbons (Fsp3) is 0.462. The van der Waals surface area contributed by atoms with Crippen LogP contribution < -0.4 is 4.57 Å². The lowest BCUT2D eigenvalue weighted by atomic mass is 9.97. The SMILES string of the molecule is Cc1c(C)[n+](C)c2n1C(C)(C)c1ccsc1-2. The molecule has 2 aromatic heterocycles. The van der Waals surface area contributed by atoms with E-state index >= 15 is 0 Å². The van der Waals surface area contributed by atoms with Crippen LogP contribution in [0.5, 0.6) is 0 Å². The zero-order valence-corrected chi connectivity index (χ0v) is 11.3. The highest BCUT2D eigenvalue weighted by molar-refractivity contribution is 7.13. The molecule has 2 aromatic rings. The Bertz CT molecular complexity index is 587. The molecule has 2 nitrogen and oxygen atoms in total. The van der Waals surface area contributed by atoms with Crippen molar-refractivity contribution in [2.45, 2.75) is 33.2 Å². The Morgan fingerprint density at radius 3 is 2.69 bits per heavy atom. The molecule has 3 heterocycles. The van der Waals surface area contributed by atoms with Crippen LogP contribution in [0.1, 0.15) is 30.8 Å². The summed E-state index contributed by atoms with van der Waals surface area (Å²) in [6.45, 7) is 9.03. The number of hydrogen-bond acceptors (Lipinski definition) is 1. The molecule has 0 aromatic carbocycles. The molecule has 84 valence electrons. The largest absolute Gasteiger partial charge is 0.300 e. The summed E-state index contributed by atoms with van der Waals surface area (Å²) in [4.78, 5) is 1.43. The standard InChI is InChI=1S/C13H17N2S/c1-8-9(2)15-12(14(8)5)11-10(6-7-16-11)13(15,3)4/h6-7H,1-5H3/q+1. The maximum Gasteiger partial charge on any atom is 0.300 e. The molecule has 0 N–H and O–H groups in total. The number of fused-ring (bicyclic) bond motifs is 3. The van der Waals surface area contributed by atoms with Gasteiger partial charge in [-0.25, -0.2) is 9.13 Å². The summed E-state index contributed by atoms with van der Waals surface area (Å²) in [6.07, 6.45) is 0. The molecular formula is C13H17N2S+. The Morgan fingerprint density at radius 2 is 2.00 bits per heavy atom. The van der Waals surface area contributed by atoms with E-state index in [9.17, 15) is 0 Å². The predicted octanol–water partition coefficient (Wildman–Crippen LogP) is 2.75. The highest BCUT2D eigenvalue weighted by atomic mass is 32.1. The van der Waals surface area contributed by atoms with Crippen molar-refractivity contribution in [2.24, 2.45) is 7.05 Å². The summed E-state index contributed by atoms with van der Waals surface area (Å²) in [5.41, 5.74) is 4.31. The first kappa shape index (κ1) is 10.1. The minimum atomic E-state index is 0.0980. The Hall–Kier alpha value is -1.09. The average Bonchev–Trinajstić information content (AvgIpc) is 2.82. The topological polar surface area (TPSA) is 8.81 Å². The predicted molar refractivity (Wildman–Crippen MR) is 66.8 cm³/mol. The van der Waals surface area contributed by atoms with E-state index in [-0.39, 0.29) is 5.54 Å². The van der Waals surface area contributed by atoms with Gasteiger partial charge in [0.15, 0.2) is 0 Å². The molecule has 16 heavy (non-hydrogen) atoms. The third kappa shape index (κ3) is 0.908. The molecule has 0 atom stereocenters. The average molecular weight is 233 g/mol. The first-order valence-electron chi connectivity index (χ1n) is 5.63. The van der Waals surface area contributed by atoms with E-state index in [4.69, 9.17) is 0 Å². The summed E-state index contributed by atoms with van der Waals surface area (Å²) >= 11 is 1.85. The van der Waals surface area contributed by atoms with Crippen LogP contribution in [-0.4, -0.2) is 4.57 Å². The van der Waals surface area contributed by atoms with Crippen molar-refractivity contribution in [1.29, 1.82) is 0 Å². The van der Waals surface area contributed by atoms with E-state index in [1.54, 1.807) is 0 Å². The van der Waals surface area contributed by atoms with Gasteiger partial charge in [-0.2, -0.15) is 0 Å². The third-order valence-electron chi connectivity index (χ3n) is 3.98. The molecule has 0 fully saturated rings. The monoisotopic (exact) mass is 233 g/mol. The van der Waals surface area contributed by atoms with Crippen molar-refractivity contribution < 1.29 is 4.57 Å². The lowest BCUT2D eigenvalue weighted by Crippen LogP contribution is -2.32. The molecule has 0 saturated carbocycles. The smallest absolute Gasteiger partial charge is 0.229 e. The second-order valence-corrected chi connectivity index (χ2v) is 6.03. The highest BCUT2D eigenvalue weighted by Crippen LogP contribution is 2.46. The normalized spacial score (nSPS) is 16.3. The van der Waals surface area contributed by atoms with Crippen molar-refractivity contribution in [3.63, 3.8) is 0 Å². The molecule has 0 radical (unpaired) electrons. The molecule has 0 spiro atoms. The van der Waals surface area contributed by atoms with Crippen molar-refractivity contribution >= 4 is 11.3 Å². The van der Waals surface area contributed by atoms with Crippen LogP contribution in [-0.2, 0) is 12.6 Å². The zero-order valence-electron chi connectivity index (χ0n) is 10.5. The van der Waals surface area contributed by atoms with Crippen LogP contribution in [0.4, 0.5) is 0 Å². The van der Waals surface area contributed by atoms with Gasteiger partial charge in [-0.3, -0.25) is 0 Å². The molecule has 3 heteroatoms. The number of nitrogens with zero attached hydrogens (tertiary/aromatic N) is 2.